The zero-order valence-electron chi connectivity index (χ0n) is 14.4. The highest BCUT2D eigenvalue weighted by Crippen LogP contribution is 2.32. The number of aryl methyl sites for hydroxylation is 1. The molecule has 0 radical (unpaired) electrons. The summed E-state index contributed by atoms with van der Waals surface area (Å²) in [5.74, 6) is -0.0180. The number of nitrogens with zero attached hydrogens (tertiary/aromatic N) is 3. The molecule has 2 aromatic rings. The van der Waals surface area contributed by atoms with Gasteiger partial charge in [-0.05, 0) is 31.4 Å². The van der Waals surface area contributed by atoms with E-state index in [1.807, 2.05) is 17.2 Å². The highest BCUT2D eigenvalue weighted by atomic mass is 16.2. The first-order valence-electron chi connectivity index (χ1n) is 8.76. The second-order valence-corrected chi connectivity index (χ2v) is 6.80. The Morgan fingerprint density at radius 1 is 1.12 bits per heavy atom. The van der Waals surface area contributed by atoms with Crippen LogP contribution in [0, 0.1) is 6.92 Å². The van der Waals surface area contributed by atoms with Crippen LogP contribution in [0.3, 0.4) is 0 Å². The molecule has 4 rings (SSSR count). The first-order valence-corrected chi connectivity index (χ1v) is 8.76. The smallest absolute Gasteiger partial charge is 0.242 e. The zero-order valence-corrected chi connectivity index (χ0v) is 14.4. The molecule has 2 aliphatic heterocycles. The summed E-state index contributed by atoms with van der Waals surface area (Å²) >= 11 is 0. The highest BCUT2D eigenvalue weighted by Gasteiger charge is 2.32. The van der Waals surface area contributed by atoms with Gasteiger partial charge in [0.1, 0.15) is 6.54 Å². The van der Waals surface area contributed by atoms with Gasteiger partial charge >= 0.3 is 0 Å². The van der Waals surface area contributed by atoms with Crippen LogP contribution in [0.5, 0.6) is 0 Å². The molecule has 2 aliphatic rings. The Balaban J connectivity index is 1.61. The number of amides is 2. The monoisotopic (exact) mass is 335 g/mol. The molecule has 0 N–H and O–H groups in total. The maximum absolute atomic E-state index is 12.5. The van der Waals surface area contributed by atoms with Gasteiger partial charge in [0, 0.05) is 24.8 Å². The van der Waals surface area contributed by atoms with Crippen molar-refractivity contribution in [2.75, 3.05) is 24.5 Å². The van der Waals surface area contributed by atoms with Crippen LogP contribution in [0.1, 0.15) is 24.1 Å². The molecule has 5 nitrogen and oxygen atoms in total. The molecule has 0 saturated carbocycles. The van der Waals surface area contributed by atoms with Crippen LogP contribution in [0.15, 0.2) is 36.5 Å². The Hall–Kier alpha value is -2.69. The third-order valence-corrected chi connectivity index (χ3v) is 4.99. The lowest BCUT2D eigenvalue weighted by Gasteiger charge is -2.21. The molecule has 0 bridgehead atoms. The van der Waals surface area contributed by atoms with Gasteiger partial charge in [0.2, 0.25) is 11.8 Å². The highest BCUT2D eigenvalue weighted by molar-refractivity contribution is 6.05. The molecule has 1 aromatic carbocycles. The van der Waals surface area contributed by atoms with Crippen molar-refractivity contribution in [3.05, 3.63) is 47.8 Å². The molecule has 128 valence electrons. The minimum Gasteiger partial charge on any atom is -0.341 e. The van der Waals surface area contributed by atoms with Crippen LogP contribution in [-0.4, -0.2) is 41.3 Å². The number of hydrogen-bond donors (Lipinski definition) is 0. The van der Waals surface area contributed by atoms with Crippen molar-refractivity contribution in [1.29, 1.82) is 0 Å². The first-order chi connectivity index (χ1) is 12.1. The maximum Gasteiger partial charge on any atom is 0.242 e. The van der Waals surface area contributed by atoms with E-state index in [9.17, 15) is 9.59 Å². The van der Waals surface area contributed by atoms with Crippen molar-refractivity contribution in [1.82, 2.24) is 9.88 Å². The predicted molar refractivity (Wildman–Crippen MR) is 96.3 cm³/mol. The number of anilines is 1. The molecule has 3 heterocycles. The van der Waals surface area contributed by atoms with Gasteiger partial charge in [-0.2, -0.15) is 0 Å². The molecule has 2 amide bonds. The number of carbonyl (C=O) groups is 2. The van der Waals surface area contributed by atoms with Crippen molar-refractivity contribution < 1.29 is 9.59 Å². The Labute approximate surface area is 147 Å². The molecule has 25 heavy (non-hydrogen) atoms. The minimum atomic E-state index is -0.0453. The van der Waals surface area contributed by atoms with Crippen LogP contribution in [-0.2, 0) is 16.0 Å². The number of likely N-dealkylation sites (tertiary alicyclic amines) is 1. The fourth-order valence-electron chi connectivity index (χ4n) is 3.50. The van der Waals surface area contributed by atoms with Crippen molar-refractivity contribution >= 4 is 17.5 Å². The first kappa shape index (κ1) is 15.8. The summed E-state index contributed by atoms with van der Waals surface area (Å²) in [6.45, 7) is 3.77. The molecule has 1 saturated heterocycles. The van der Waals surface area contributed by atoms with E-state index < -0.39 is 0 Å². The summed E-state index contributed by atoms with van der Waals surface area (Å²) in [4.78, 5) is 32.8. The zero-order chi connectivity index (χ0) is 17.4. The van der Waals surface area contributed by atoms with Gasteiger partial charge in [0.15, 0.2) is 0 Å². The lowest BCUT2D eigenvalue weighted by Crippen LogP contribution is -2.40. The van der Waals surface area contributed by atoms with Crippen LogP contribution < -0.4 is 4.90 Å². The maximum atomic E-state index is 12.5. The number of fused-ring (bicyclic) bond motifs is 1. The number of benzene rings is 1. The van der Waals surface area contributed by atoms with Gasteiger partial charge < -0.3 is 9.80 Å². The number of pyridine rings is 1. The van der Waals surface area contributed by atoms with E-state index in [1.165, 1.54) is 5.56 Å². The second-order valence-electron chi connectivity index (χ2n) is 6.80. The molecule has 0 spiro atoms. The summed E-state index contributed by atoms with van der Waals surface area (Å²) in [5, 5.41) is 0. The van der Waals surface area contributed by atoms with Gasteiger partial charge in [-0.15, -0.1) is 0 Å². The van der Waals surface area contributed by atoms with E-state index in [1.54, 1.807) is 4.90 Å². The largest absolute Gasteiger partial charge is 0.341 e. The Morgan fingerprint density at radius 2 is 1.84 bits per heavy atom. The van der Waals surface area contributed by atoms with E-state index in [-0.39, 0.29) is 24.8 Å². The average molecular weight is 335 g/mol. The Morgan fingerprint density at radius 3 is 2.56 bits per heavy atom. The quantitative estimate of drug-likeness (QED) is 0.866. The van der Waals surface area contributed by atoms with Gasteiger partial charge in [-0.3, -0.25) is 14.6 Å². The Bertz CT molecular complexity index is 823. The summed E-state index contributed by atoms with van der Waals surface area (Å²) in [6, 6.07) is 10.2. The number of aromatic nitrogens is 1. The standard InChI is InChI=1S/C20H21N3O2/c1-14-4-6-15(7-5-14)16-10-18-17(21-12-16)11-19(24)23(18)13-20(25)22-8-2-3-9-22/h4-7,10,12H,2-3,8-9,11,13H2,1H3. The second kappa shape index (κ2) is 6.31. The average Bonchev–Trinajstić information content (AvgIpc) is 3.24. The van der Waals surface area contributed by atoms with Crippen LogP contribution in [0.25, 0.3) is 11.1 Å². The number of carbonyl (C=O) groups excluding carboxylic acids is 2. The summed E-state index contributed by atoms with van der Waals surface area (Å²) < 4.78 is 0. The van der Waals surface area contributed by atoms with Crippen LogP contribution in [0.2, 0.25) is 0 Å². The van der Waals surface area contributed by atoms with Gasteiger partial charge in [-0.1, -0.05) is 29.8 Å². The van der Waals surface area contributed by atoms with E-state index in [0.717, 1.165) is 48.4 Å². The third kappa shape index (κ3) is 3.02. The van der Waals surface area contributed by atoms with E-state index in [2.05, 4.69) is 36.2 Å². The molecule has 0 atom stereocenters. The lowest BCUT2D eigenvalue weighted by molar-refractivity contribution is -0.130. The van der Waals surface area contributed by atoms with Crippen LogP contribution >= 0.6 is 0 Å². The van der Waals surface area contributed by atoms with Gasteiger partial charge in [-0.25, -0.2) is 0 Å². The molecule has 1 aromatic heterocycles. The van der Waals surface area contributed by atoms with E-state index in [0.29, 0.717) is 0 Å². The van der Waals surface area contributed by atoms with Crippen molar-refractivity contribution in [3.63, 3.8) is 0 Å². The fourth-order valence-corrected chi connectivity index (χ4v) is 3.50. The summed E-state index contributed by atoms with van der Waals surface area (Å²) in [5.41, 5.74) is 4.76. The Kier molecular flexibility index (Phi) is 3.99. The predicted octanol–water partition coefficient (Wildman–Crippen LogP) is 2.57. The molecular formula is C20H21N3O2. The van der Waals surface area contributed by atoms with Crippen LogP contribution in [0.4, 0.5) is 5.69 Å². The lowest BCUT2D eigenvalue weighted by atomic mass is 10.1. The van der Waals surface area contributed by atoms with Crippen molar-refractivity contribution in [2.45, 2.75) is 26.2 Å². The number of rotatable bonds is 3. The summed E-state index contributed by atoms with van der Waals surface area (Å²) in [6.07, 6.45) is 4.18. The van der Waals surface area contributed by atoms with Gasteiger partial charge in [0.25, 0.3) is 0 Å². The normalized spacial score (nSPS) is 16.4. The van der Waals surface area contributed by atoms with Crippen molar-refractivity contribution in [3.8, 4) is 11.1 Å². The topological polar surface area (TPSA) is 53.5 Å². The minimum absolute atomic E-state index is 0.0273. The summed E-state index contributed by atoms with van der Waals surface area (Å²) in [7, 11) is 0. The van der Waals surface area contributed by atoms with Crippen molar-refractivity contribution in [2.24, 2.45) is 0 Å². The van der Waals surface area contributed by atoms with E-state index >= 15 is 0 Å². The molecule has 1 fully saturated rings. The molecule has 0 aliphatic carbocycles. The van der Waals surface area contributed by atoms with Gasteiger partial charge in [0.05, 0.1) is 17.8 Å². The molecule has 5 heteroatoms. The molecule has 0 unspecified atom stereocenters. The number of hydrogen-bond acceptors (Lipinski definition) is 3. The molecular weight excluding hydrogens is 314 g/mol. The van der Waals surface area contributed by atoms with E-state index in [4.69, 9.17) is 0 Å². The third-order valence-electron chi connectivity index (χ3n) is 4.99. The SMILES string of the molecule is Cc1ccc(-c2cnc3c(c2)N(CC(=O)N2CCCC2)C(=O)C3)cc1. The fraction of sp³-hybridized carbons (Fsp3) is 0.350.